The van der Waals surface area contributed by atoms with Crippen molar-refractivity contribution in [2.75, 3.05) is 23.8 Å². The Bertz CT molecular complexity index is 1110. The molecule has 4 rings (SSSR count). The van der Waals surface area contributed by atoms with Crippen LogP contribution in [0.1, 0.15) is 52.6 Å². The van der Waals surface area contributed by atoms with E-state index in [2.05, 4.69) is 15.6 Å². The lowest BCUT2D eigenvalue weighted by molar-refractivity contribution is -0.121. The molecule has 7 nitrogen and oxygen atoms in total. The monoisotopic (exact) mass is 438 g/mol. The van der Waals surface area contributed by atoms with Crippen LogP contribution < -0.4 is 15.5 Å². The van der Waals surface area contributed by atoms with Gasteiger partial charge in [0.1, 0.15) is 5.82 Å². The molecule has 3 aromatic rings. The molecule has 1 saturated carbocycles. The van der Waals surface area contributed by atoms with Crippen molar-refractivity contribution >= 4 is 51.5 Å². The molecule has 1 aliphatic carbocycles. The standard InChI is InChI=1S/C23H26N4O3S/c1-3-24-22(29)19-16-11-10-15(27(2)23(30)14-7-4-5-8-14)13-17(16)25-20(19)26-21(28)18-9-6-12-31-18/h6,9-14,25H,3-5,7-8H2,1-2H3,(H,24,29)(H,26,28). The highest BCUT2D eigenvalue weighted by Gasteiger charge is 2.27. The highest BCUT2D eigenvalue weighted by atomic mass is 32.1. The summed E-state index contributed by atoms with van der Waals surface area (Å²) in [5, 5.41) is 8.16. The van der Waals surface area contributed by atoms with Gasteiger partial charge < -0.3 is 20.5 Å². The molecule has 1 fully saturated rings. The van der Waals surface area contributed by atoms with Crippen molar-refractivity contribution in [2.24, 2.45) is 5.92 Å². The van der Waals surface area contributed by atoms with E-state index in [9.17, 15) is 14.4 Å². The van der Waals surface area contributed by atoms with Crippen LogP contribution in [-0.2, 0) is 4.79 Å². The number of hydrogen-bond donors (Lipinski definition) is 3. The number of carbonyl (C=O) groups is 3. The Morgan fingerprint density at radius 1 is 1.16 bits per heavy atom. The van der Waals surface area contributed by atoms with E-state index < -0.39 is 0 Å². The van der Waals surface area contributed by atoms with E-state index in [0.717, 1.165) is 31.4 Å². The van der Waals surface area contributed by atoms with Crippen molar-refractivity contribution in [2.45, 2.75) is 32.6 Å². The Balaban J connectivity index is 1.69. The van der Waals surface area contributed by atoms with E-state index in [1.807, 2.05) is 30.5 Å². The first-order chi connectivity index (χ1) is 15.0. The fourth-order valence-electron chi connectivity index (χ4n) is 4.13. The van der Waals surface area contributed by atoms with Crippen LogP contribution in [0.2, 0.25) is 0 Å². The van der Waals surface area contributed by atoms with Crippen molar-refractivity contribution in [3.63, 3.8) is 0 Å². The highest BCUT2D eigenvalue weighted by molar-refractivity contribution is 7.12. The number of nitrogens with zero attached hydrogens (tertiary/aromatic N) is 1. The van der Waals surface area contributed by atoms with Gasteiger partial charge in [-0.15, -0.1) is 11.3 Å². The van der Waals surface area contributed by atoms with Crippen LogP contribution in [-0.4, -0.2) is 36.3 Å². The summed E-state index contributed by atoms with van der Waals surface area (Å²) in [7, 11) is 1.79. The van der Waals surface area contributed by atoms with E-state index in [0.29, 0.717) is 33.7 Å². The molecule has 0 atom stereocenters. The average Bonchev–Trinajstić information content (AvgIpc) is 3.53. The number of anilines is 2. The maximum absolute atomic E-state index is 12.8. The number of rotatable bonds is 6. The topological polar surface area (TPSA) is 94.3 Å². The zero-order valence-electron chi connectivity index (χ0n) is 17.7. The van der Waals surface area contributed by atoms with Crippen LogP contribution in [0.3, 0.4) is 0 Å². The summed E-state index contributed by atoms with van der Waals surface area (Å²) in [6.07, 6.45) is 4.08. The summed E-state index contributed by atoms with van der Waals surface area (Å²) in [6.45, 7) is 2.32. The van der Waals surface area contributed by atoms with E-state index in [1.54, 1.807) is 24.1 Å². The third-order valence-electron chi connectivity index (χ3n) is 5.75. The number of aromatic nitrogens is 1. The quantitative estimate of drug-likeness (QED) is 0.533. The number of hydrogen-bond acceptors (Lipinski definition) is 4. The molecule has 31 heavy (non-hydrogen) atoms. The molecule has 0 aliphatic heterocycles. The zero-order chi connectivity index (χ0) is 22.0. The summed E-state index contributed by atoms with van der Waals surface area (Å²) < 4.78 is 0. The molecule has 1 aliphatic rings. The number of thiophene rings is 1. The lowest BCUT2D eigenvalue weighted by atomic mass is 10.1. The third-order valence-corrected chi connectivity index (χ3v) is 6.62. The minimum absolute atomic E-state index is 0.0795. The second-order valence-corrected chi connectivity index (χ2v) is 8.72. The molecule has 0 radical (unpaired) electrons. The highest BCUT2D eigenvalue weighted by Crippen LogP contribution is 2.32. The summed E-state index contributed by atoms with van der Waals surface area (Å²) in [5.74, 6) is 0.00921. The van der Waals surface area contributed by atoms with Crippen molar-refractivity contribution in [1.29, 1.82) is 0 Å². The molecule has 3 N–H and O–H groups in total. The van der Waals surface area contributed by atoms with Gasteiger partial charge in [-0.05, 0) is 49.4 Å². The SMILES string of the molecule is CCNC(=O)c1c(NC(=O)c2cccs2)[nH]c2cc(N(C)C(=O)C3CCCC3)ccc12. The first kappa shape index (κ1) is 21.1. The average molecular weight is 439 g/mol. The maximum atomic E-state index is 12.8. The second-order valence-electron chi connectivity index (χ2n) is 7.77. The van der Waals surface area contributed by atoms with Crippen LogP contribution in [0.15, 0.2) is 35.7 Å². The van der Waals surface area contributed by atoms with Crippen molar-refractivity contribution in [1.82, 2.24) is 10.3 Å². The van der Waals surface area contributed by atoms with Crippen LogP contribution in [0.25, 0.3) is 10.9 Å². The lowest BCUT2D eigenvalue weighted by Crippen LogP contribution is -2.31. The molecule has 0 bridgehead atoms. The molecule has 2 aromatic heterocycles. The molecular formula is C23H26N4O3S. The van der Waals surface area contributed by atoms with Gasteiger partial charge in [-0.3, -0.25) is 14.4 Å². The number of fused-ring (bicyclic) bond motifs is 1. The first-order valence-corrected chi connectivity index (χ1v) is 11.4. The van der Waals surface area contributed by atoms with Gasteiger partial charge in [-0.2, -0.15) is 0 Å². The smallest absolute Gasteiger partial charge is 0.266 e. The van der Waals surface area contributed by atoms with Crippen molar-refractivity contribution in [3.05, 3.63) is 46.2 Å². The third kappa shape index (κ3) is 4.20. The molecule has 0 saturated heterocycles. The molecule has 2 heterocycles. The molecule has 1 aromatic carbocycles. The van der Waals surface area contributed by atoms with E-state index in [1.165, 1.54) is 11.3 Å². The predicted octanol–water partition coefficient (Wildman–Crippen LogP) is 4.38. The van der Waals surface area contributed by atoms with Gasteiger partial charge in [0.15, 0.2) is 0 Å². The summed E-state index contributed by atoms with van der Waals surface area (Å²) in [6, 6.07) is 9.06. The predicted molar refractivity (Wildman–Crippen MR) is 124 cm³/mol. The molecule has 0 unspecified atom stereocenters. The summed E-state index contributed by atoms with van der Waals surface area (Å²) in [4.78, 5) is 43.6. The van der Waals surface area contributed by atoms with Gasteiger partial charge in [0.25, 0.3) is 11.8 Å². The van der Waals surface area contributed by atoms with E-state index in [4.69, 9.17) is 0 Å². The van der Waals surface area contributed by atoms with Gasteiger partial charge >= 0.3 is 0 Å². The number of nitrogens with one attached hydrogen (secondary N) is 3. The minimum atomic E-state index is -0.277. The first-order valence-electron chi connectivity index (χ1n) is 10.6. The van der Waals surface area contributed by atoms with Gasteiger partial charge in [-0.1, -0.05) is 18.9 Å². The normalized spacial score (nSPS) is 14.0. The van der Waals surface area contributed by atoms with Crippen molar-refractivity contribution < 1.29 is 14.4 Å². The number of amides is 3. The Labute approximate surface area is 184 Å². The van der Waals surface area contributed by atoms with Crippen LogP contribution in [0.5, 0.6) is 0 Å². The molecular weight excluding hydrogens is 412 g/mol. The summed E-state index contributed by atoms with van der Waals surface area (Å²) >= 11 is 1.33. The van der Waals surface area contributed by atoms with E-state index in [-0.39, 0.29) is 23.6 Å². The molecule has 8 heteroatoms. The fourth-order valence-corrected chi connectivity index (χ4v) is 4.75. The molecule has 0 spiro atoms. The largest absolute Gasteiger partial charge is 0.352 e. The second kappa shape index (κ2) is 8.93. The molecule has 3 amide bonds. The number of carbonyl (C=O) groups excluding carboxylic acids is 3. The van der Waals surface area contributed by atoms with Gasteiger partial charge in [0.2, 0.25) is 5.91 Å². The fraction of sp³-hybridized carbons (Fsp3) is 0.348. The van der Waals surface area contributed by atoms with Crippen LogP contribution in [0.4, 0.5) is 11.5 Å². The van der Waals surface area contributed by atoms with Crippen LogP contribution >= 0.6 is 11.3 Å². The Morgan fingerprint density at radius 2 is 1.94 bits per heavy atom. The Kier molecular flexibility index (Phi) is 6.08. The van der Waals surface area contributed by atoms with Gasteiger partial charge in [0.05, 0.1) is 10.4 Å². The van der Waals surface area contributed by atoms with Gasteiger partial charge in [-0.25, -0.2) is 0 Å². The van der Waals surface area contributed by atoms with Crippen molar-refractivity contribution in [3.8, 4) is 0 Å². The Morgan fingerprint density at radius 3 is 2.61 bits per heavy atom. The number of aromatic amines is 1. The lowest BCUT2D eigenvalue weighted by Gasteiger charge is -2.21. The minimum Gasteiger partial charge on any atom is -0.352 e. The Hall–Kier alpha value is -3.13. The van der Waals surface area contributed by atoms with E-state index >= 15 is 0 Å². The number of benzene rings is 1. The molecule has 162 valence electrons. The zero-order valence-corrected chi connectivity index (χ0v) is 18.5. The maximum Gasteiger partial charge on any atom is 0.266 e. The number of H-pyrrole nitrogens is 1. The van der Waals surface area contributed by atoms with Gasteiger partial charge in [0, 0.05) is 36.1 Å². The summed E-state index contributed by atoms with van der Waals surface area (Å²) in [5.41, 5.74) is 1.83. The van der Waals surface area contributed by atoms with Crippen LogP contribution in [0, 0.1) is 5.92 Å².